The Balaban J connectivity index is 1.85. The zero-order valence-corrected chi connectivity index (χ0v) is 15.2. The van der Waals surface area contributed by atoms with Crippen molar-refractivity contribution in [1.29, 1.82) is 0 Å². The second kappa shape index (κ2) is 8.49. The molecule has 6 heteroatoms. The zero-order valence-electron chi connectivity index (χ0n) is 15.2. The standard InChI is InChI=1S/C20H23NO5/c1-22-18-10-15(11-19(23-2)20(18)24-3)12-21(13-16-6-4-8-25-16)14-17-7-5-9-26-17/h4-11H,12-14H2,1-3H3. The van der Waals surface area contributed by atoms with Gasteiger partial charge in [0, 0.05) is 6.54 Å². The number of methoxy groups -OCH3 is 3. The van der Waals surface area contributed by atoms with Crippen LogP contribution in [0.5, 0.6) is 17.2 Å². The lowest BCUT2D eigenvalue weighted by Gasteiger charge is -2.21. The highest BCUT2D eigenvalue weighted by atomic mass is 16.5. The number of rotatable bonds is 9. The molecule has 26 heavy (non-hydrogen) atoms. The van der Waals surface area contributed by atoms with Gasteiger partial charge in [0.25, 0.3) is 0 Å². The Hall–Kier alpha value is -2.86. The second-order valence-corrected chi connectivity index (χ2v) is 5.84. The summed E-state index contributed by atoms with van der Waals surface area (Å²) in [6.45, 7) is 1.98. The molecule has 2 aromatic heterocycles. The molecule has 138 valence electrons. The molecular formula is C20H23NO5. The maximum absolute atomic E-state index is 5.51. The summed E-state index contributed by atoms with van der Waals surface area (Å²) in [5, 5.41) is 0. The normalized spacial score (nSPS) is 10.9. The predicted octanol–water partition coefficient (Wildman–Crippen LogP) is 4.10. The predicted molar refractivity (Wildman–Crippen MR) is 96.5 cm³/mol. The number of hydrogen-bond donors (Lipinski definition) is 0. The first-order chi connectivity index (χ1) is 12.7. The van der Waals surface area contributed by atoms with Crippen molar-refractivity contribution in [1.82, 2.24) is 4.90 Å². The van der Waals surface area contributed by atoms with Gasteiger partial charge in [-0.2, -0.15) is 0 Å². The molecule has 0 aliphatic rings. The van der Waals surface area contributed by atoms with Gasteiger partial charge in [-0.25, -0.2) is 0 Å². The fraction of sp³-hybridized carbons (Fsp3) is 0.300. The largest absolute Gasteiger partial charge is 0.493 e. The molecule has 0 saturated carbocycles. The van der Waals surface area contributed by atoms with E-state index in [1.807, 2.05) is 36.4 Å². The lowest BCUT2D eigenvalue weighted by atomic mass is 10.1. The Kier molecular flexibility index (Phi) is 5.86. The minimum Gasteiger partial charge on any atom is -0.493 e. The Morgan fingerprint density at radius 2 is 1.31 bits per heavy atom. The monoisotopic (exact) mass is 357 g/mol. The average Bonchev–Trinajstić information content (AvgIpc) is 3.35. The molecule has 3 rings (SSSR count). The summed E-state index contributed by atoms with van der Waals surface area (Å²) in [5.41, 5.74) is 1.04. The van der Waals surface area contributed by atoms with Crippen molar-refractivity contribution in [3.8, 4) is 17.2 Å². The van der Waals surface area contributed by atoms with Gasteiger partial charge in [-0.1, -0.05) is 0 Å². The third-order valence-electron chi connectivity index (χ3n) is 4.05. The van der Waals surface area contributed by atoms with Crippen molar-refractivity contribution in [2.45, 2.75) is 19.6 Å². The zero-order chi connectivity index (χ0) is 18.4. The van der Waals surface area contributed by atoms with Crippen LogP contribution in [-0.2, 0) is 19.6 Å². The molecule has 1 aromatic carbocycles. The fourth-order valence-electron chi connectivity index (χ4n) is 2.90. The van der Waals surface area contributed by atoms with E-state index in [2.05, 4.69) is 4.90 Å². The molecular weight excluding hydrogens is 334 g/mol. The molecule has 0 unspecified atom stereocenters. The van der Waals surface area contributed by atoms with E-state index in [-0.39, 0.29) is 0 Å². The molecule has 0 aliphatic carbocycles. The quantitative estimate of drug-likeness (QED) is 0.575. The van der Waals surface area contributed by atoms with Crippen LogP contribution in [0.15, 0.2) is 57.8 Å². The van der Waals surface area contributed by atoms with Gasteiger partial charge in [0.05, 0.1) is 46.9 Å². The van der Waals surface area contributed by atoms with Crippen LogP contribution in [0.25, 0.3) is 0 Å². The summed E-state index contributed by atoms with van der Waals surface area (Å²) in [7, 11) is 4.83. The molecule has 0 bridgehead atoms. The molecule has 0 saturated heterocycles. The van der Waals surface area contributed by atoms with Crippen molar-refractivity contribution in [3.63, 3.8) is 0 Å². The Bertz CT molecular complexity index is 734. The van der Waals surface area contributed by atoms with E-state index in [0.717, 1.165) is 17.1 Å². The van der Waals surface area contributed by atoms with Crippen LogP contribution < -0.4 is 14.2 Å². The first-order valence-corrected chi connectivity index (χ1v) is 8.29. The minimum absolute atomic E-state index is 0.586. The van der Waals surface area contributed by atoms with Gasteiger partial charge in [-0.15, -0.1) is 0 Å². The van der Waals surface area contributed by atoms with Crippen LogP contribution in [0.1, 0.15) is 17.1 Å². The topological polar surface area (TPSA) is 57.2 Å². The summed E-state index contributed by atoms with van der Waals surface area (Å²) in [6, 6.07) is 11.6. The molecule has 0 atom stereocenters. The number of furan rings is 2. The molecule has 0 radical (unpaired) electrons. The fourth-order valence-corrected chi connectivity index (χ4v) is 2.90. The summed E-state index contributed by atoms with van der Waals surface area (Å²) in [5.74, 6) is 3.64. The van der Waals surface area contributed by atoms with E-state index in [1.165, 1.54) is 0 Å². The van der Waals surface area contributed by atoms with Crippen molar-refractivity contribution in [3.05, 3.63) is 66.0 Å². The van der Waals surface area contributed by atoms with E-state index in [1.54, 1.807) is 33.9 Å². The van der Waals surface area contributed by atoms with E-state index in [4.69, 9.17) is 23.0 Å². The lowest BCUT2D eigenvalue weighted by Crippen LogP contribution is -2.22. The SMILES string of the molecule is COc1cc(CN(Cc2ccco2)Cc2ccco2)cc(OC)c1OC. The van der Waals surface area contributed by atoms with Gasteiger partial charge >= 0.3 is 0 Å². The molecule has 6 nitrogen and oxygen atoms in total. The van der Waals surface area contributed by atoms with E-state index in [0.29, 0.717) is 36.9 Å². The highest BCUT2D eigenvalue weighted by Crippen LogP contribution is 2.38. The highest BCUT2D eigenvalue weighted by Gasteiger charge is 2.17. The minimum atomic E-state index is 0.586. The van der Waals surface area contributed by atoms with Gasteiger partial charge in [0.15, 0.2) is 11.5 Å². The van der Waals surface area contributed by atoms with Crippen molar-refractivity contribution >= 4 is 0 Å². The van der Waals surface area contributed by atoms with Crippen LogP contribution >= 0.6 is 0 Å². The average molecular weight is 357 g/mol. The van der Waals surface area contributed by atoms with Crippen LogP contribution in [0.2, 0.25) is 0 Å². The Morgan fingerprint density at radius 3 is 1.69 bits per heavy atom. The molecule has 0 amide bonds. The molecule has 0 N–H and O–H groups in total. The third-order valence-corrected chi connectivity index (χ3v) is 4.05. The molecule has 0 fully saturated rings. The van der Waals surface area contributed by atoms with Crippen molar-refractivity contribution in [2.75, 3.05) is 21.3 Å². The molecule has 0 spiro atoms. The summed E-state index contributed by atoms with van der Waals surface area (Å²) >= 11 is 0. The van der Waals surface area contributed by atoms with Crippen LogP contribution in [0, 0.1) is 0 Å². The van der Waals surface area contributed by atoms with Gasteiger partial charge in [0.1, 0.15) is 11.5 Å². The smallest absolute Gasteiger partial charge is 0.203 e. The van der Waals surface area contributed by atoms with Crippen LogP contribution in [0.3, 0.4) is 0 Å². The van der Waals surface area contributed by atoms with E-state index < -0.39 is 0 Å². The van der Waals surface area contributed by atoms with E-state index >= 15 is 0 Å². The molecule has 0 aliphatic heterocycles. The number of nitrogens with zero attached hydrogens (tertiary/aromatic N) is 1. The van der Waals surface area contributed by atoms with Gasteiger partial charge < -0.3 is 23.0 Å². The highest BCUT2D eigenvalue weighted by molar-refractivity contribution is 5.53. The van der Waals surface area contributed by atoms with Gasteiger partial charge in [-0.05, 0) is 42.0 Å². The Morgan fingerprint density at radius 1 is 0.769 bits per heavy atom. The molecule has 2 heterocycles. The first kappa shape index (κ1) is 17.9. The van der Waals surface area contributed by atoms with Crippen LogP contribution in [-0.4, -0.2) is 26.2 Å². The summed E-state index contributed by atoms with van der Waals surface area (Å²) in [4.78, 5) is 2.22. The lowest BCUT2D eigenvalue weighted by molar-refractivity contribution is 0.209. The maximum atomic E-state index is 5.51. The van der Waals surface area contributed by atoms with Crippen molar-refractivity contribution in [2.24, 2.45) is 0 Å². The summed E-state index contributed by atoms with van der Waals surface area (Å²) in [6.07, 6.45) is 3.36. The first-order valence-electron chi connectivity index (χ1n) is 8.29. The number of hydrogen-bond acceptors (Lipinski definition) is 6. The second-order valence-electron chi connectivity index (χ2n) is 5.84. The van der Waals surface area contributed by atoms with Crippen molar-refractivity contribution < 1.29 is 23.0 Å². The van der Waals surface area contributed by atoms with Gasteiger partial charge in [-0.3, -0.25) is 4.90 Å². The van der Waals surface area contributed by atoms with E-state index in [9.17, 15) is 0 Å². The maximum Gasteiger partial charge on any atom is 0.203 e. The van der Waals surface area contributed by atoms with Gasteiger partial charge in [0.2, 0.25) is 5.75 Å². The Labute approximate surface area is 152 Å². The number of ether oxygens (including phenoxy) is 3. The number of benzene rings is 1. The molecule has 3 aromatic rings. The summed E-state index contributed by atoms with van der Waals surface area (Å²) < 4.78 is 27.3. The third kappa shape index (κ3) is 4.21. The van der Waals surface area contributed by atoms with Crippen LogP contribution in [0.4, 0.5) is 0 Å².